The highest BCUT2D eigenvalue weighted by Crippen LogP contribution is 2.21. The molecule has 2 aromatic rings. The molecule has 1 N–H and O–H groups in total. The molecule has 1 aliphatic rings. The van der Waals surface area contributed by atoms with Gasteiger partial charge in [-0.15, -0.1) is 0 Å². The third-order valence-electron chi connectivity index (χ3n) is 4.90. The highest BCUT2D eigenvalue weighted by molar-refractivity contribution is 6.30. The lowest BCUT2D eigenvalue weighted by molar-refractivity contribution is -0.0601. The van der Waals surface area contributed by atoms with Crippen molar-refractivity contribution in [1.29, 1.82) is 0 Å². The molecule has 0 saturated carbocycles. The lowest BCUT2D eigenvalue weighted by Crippen LogP contribution is -2.40. The van der Waals surface area contributed by atoms with E-state index in [-0.39, 0.29) is 24.1 Å². The lowest BCUT2D eigenvalue weighted by Gasteiger charge is -2.28. The summed E-state index contributed by atoms with van der Waals surface area (Å²) in [5.41, 5.74) is 2.05. The van der Waals surface area contributed by atoms with E-state index in [1.54, 1.807) is 12.1 Å². The molecule has 0 aromatic heterocycles. The summed E-state index contributed by atoms with van der Waals surface area (Å²) in [5, 5.41) is 15.4. The number of nitrogens with zero attached hydrogens (tertiary/aromatic N) is 2. The first-order chi connectivity index (χ1) is 14.7. The minimum absolute atomic E-state index is 0.187. The van der Waals surface area contributed by atoms with E-state index in [1.807, 2.05) is 56.0 Å². The van der Waals surface area contributed by atoms with E-state index in [4.69, 9.17) is 21.2 Å². The molecule has 0 amide bonds. The Morgan fingerprint density at radius 3 is 2.61 bits per heavy atom. The Bertz CT molecular complexity index is 883. The Hall–Kier alpha value is -1.99. The summed E-state index contributed by atoms with van der Waals surface area (Å²) >= 11 is 5.97. The van der Waals surface area contributed by atoms with Crippen molar-refractivity contribution in [1.82, 2.24) is 4.90 Å². The molecule has 0 radical (unpaired) electrons. The van der Waals surface area contributed by atoms with Crippen molar-refractivity contribution < 1.29 is 19.1 Å². The second kappa shape index (κ2) is 10.6. The predicted octanol–water partition coefficient (Wildman–Crippen LogP) is 4.65. The fourth-order valence-corrected chi connectivity index (χ4v) is 3.52. The van der Waals surface area contributed by atoms with Gasteiger partial charge in [0.15, 0.2) is 0 Å². The quantitative estimate of drug-likeness (QED) is 0.606. The van der Waals surface area contributed by atoms with Crippen molar-refractivity contribution in [2.24, 2.45) is 5.16 Å². The van der Waals surface area contributed by atoms with E-state index in [0.717, 1.165) is 11.3 Å². The van der Waals surface area contributed by atoms with Gasteiger partial charge in [0.05, 0.1) is 24.0 Å². The van der Waals surface area contributed by atoms with E-state index in [1.165, 1.54) is 6.07 Å². The zero-order valence-corrected chi connectivity index (χ0v) is 19.0. The van der Waals surface area contributed by atoms with E-state index >= 15 is 0 Å². The smallest absolute Gasteiger partial charge is 0.145 e. The van der Waals surface area contributed by atoms with E-state index in [0.29, 0.717) is 36.6 Å². The molecule has 1 aliphatic heterocycles. The average Bonchev–Trinajstić information content (AvgIpc) is 3.16. The van der Waals surface area contributed by atoms with E-state index in [9.17, 15) is 9.50 Å². The normalized spacial score (nSPS) is 17.5. The summed E-state index contributed by atoms with van der Waals surface area (Å²) in [7, 11) is 0. The summed E-state index contributed by atoms with van der Waals surface area (Å²) < 4.78 is 19.9. The molecule has 7 heteroatoms. The molecule has 168 valence electrons. The Morgan fingerprint density at radius 2 is 1.94 bits per heavy atom. The minimum atomic E-state index is -0.705. The molecule has 31 heavy (non-hydrogen) atoms. The summed E-state index contributed by atoms with van der Waals surface area (Å²) in [6.07, 6.45) is -0.262. The maximum atomic E-state index is 14.2. The maximum absolute atomic E-state index is 14.2. The van der Waals surface area contributed by atoms with Gasteiger partial charge in [0.2, 0.25) is 0 Å². The average molecular weight is 449 g/mol. The number of halogens is 2. The number of hydrogen-bond acceptors (Lipinski definition) is 5. The topological polar surface area (TPSA) is 54.3 Å². The van der Waals surface area contributed by atoms with Crippen molar-refractivity contribution >= 4 is 17.3 Å². The van der Waals surface area contributed by atoms with Crippen LogP contribution in [0.1, 0.15) is 38.3 Å². The van der Waals surface area contributed by atoms with Crippen LogP contribution in [0.3, 0.4) is 0 Å². The molecule has 3 rings (SSSR count). The van der Waals surface area contributed by atoms with Gasteiger partial charge < -0.3 is 14.7 Å². The van der Waals surface area contributed by atoms with E-state index in [2.05, 4.69) is 5.16 Å². The molecular weight excluding hydrogens is 419 g/mol. The van der Waals surface area contributed by atoms with Crippen molar-refractivity contribution in [3.63, 3.8) is 0 Å². The zero-order valence-electron chi connectivity index (χ0n) is 18.2. The van der Waals surface area contributed by atoms with Gasteiger partial charge in [-0.05, 0) is 44.5 Å². The highest BCUT2D eigenvalue weighted by Gasteiger charge is 2.26. The van der Waals surface area contributed by atoms with Crippen LogP contribution in [0.2, 0.25) is 5.02 Å². The van der Waals surface area contributed by atoms with Gasteiger partial charge in [-0.3, -0.25) is 4.90 Å². The molecular formula is C24H30ClFN2O3. The molecule has 0 aliphatic carbocycles. The molecule has 2 atom stereocenters. The SMILES string of the molecule is CC(C)(C)OCC(O)CN(Cc1ccccc1F)CC1CC(c2ccc(Cl)cc2)=NO1. The lowest BCUT2D eigenvalue weighted by atomic mass is 10.0. The van der Waals surface area contributed by atoms with Gasteiger partial charge in [-0.2, -0.15) is 0 Å². The van der Waals surface area contributed by atoms with Gasteiger partial charge in [0.1, 0.15) is 11.9 Å². The first kappa shape index (κ1) is 23.7. The summed E-state index contributed by atoms with van der Waals surface area (Å²) in [5.74, 6) is -0.265. The molecule has 2 unspecified atom stereocenters. The third-order valence-corrected chi connectivity index (χ3v) is 5.15. The largest absolute Gasteiger partial charge is 0.390 e. The molecule has 0 saturated heterocycles. The Kier molecular flexibility index (Phi) is 8.06. The standard InChI is InChI=1S/C24H30ClFN2O3/c1-24(2,3)30-16-20(29)14-28(13-18-6-4-5-7-22(18)26)15-21-12-23(27-31-21)17-8-10-19(25)11-9-17/h4-11,20-21,29H,12-16H2,1-3H3. The first-order valence-corrected chi connectivity index (χ1v) is 10.8. The Morgan fingerprint density at radius 1 is 1.23 bits per heavy atom. The summed E-state index contributed by atoms with van der Waals surface area (Å²) in [6.45, 7) is 7.23. The number of aliphatic hydroxyl groups excluding tert-OH is 1. The van der Waals surface area contributed by atoms with Crippen LogP contribution in [0.4, 0.5) is 4.39 Å². The monoisotopic (exact) mass is 448 g/mol. The molecule has 0 spiro atoms. The molecule has 0 fully saturated rings. The zero-order chi connectivity index (χ0) is 22.4. The second-order valence-electron chi connectivity index (χ2n) is 8.84. The van der Waals surface area contributed by atoms with Gasteiger partial charge in [-0.1, -0.05) is 47.1 Å². The first-order valence-electron chi connectivity index (χ1n) is 10.5. The Labute approximate surface area is 188 Å². The van der Waals surface area contributed by atoms with Gasteiger partial charge in [0.25, 0.3) is 0 Å². The number of hydrogen-bond donors (Lipinski definition) is 1. The summed E-state index contributed by atoms with van der Waals surface area (Å²) in [4.78, 5) is 7.64. The summed E-state index contributed by atoms with van der Waals surface area (Å²) in [6, 6.07) is 14.2. The van der Waals surface area contributed by atoms with Crippen LogP contribution in [-0.2, 0) is 16.1 Å². The third kappa shape index (κ3) is 7.58. The number of benzene rings is 2. The van der Waals surface area contributed by atoms with Gasteiger partial charge in [0, 0.05) is 36.6 Å². The highest BCUT2D eigenvalue weighted by atomic mass is 35.5. The van der Waals surface area contributed by atoms with E-state index < -0.39 is 6.10 Å². The van der Waals surface area contributed by atoms with Crippen molar-refractivity contribution in [3.8, 4) is 0 Å². The van der Waals surface area contributed by atoms with Gasteiger partial charge in [-0.25, -0.2) is 4.39 Å². The fourth-order valence-electron chi connectivity index (χ4n) is 3.40. The van der Waals surface area contributed by atoms with Crippen LogP contribution >= 0.6 is 11.6 Å². The maximum Gasteiger partial charge on any atom is 0.145 e. The molecule has 5 nitrogen and oxygen atoms in total. The van der Waals surface area contributed by atoms with Crippen LogP contribution < -0.4 is 0 Å². The molecule has 1 heterocycles. The van der Waals surface area contributed by atoms with Crippen molar-refractivity contribution in [2.45, 2.75) is 51.5 Å². The van der Waals surface area contributed by atoms with Crippen molar-refractivity contribution in [2.75, 3.05) is 19.7 Å². The molecule has 0 bridgehead atoms. The van der Waals surface area contributed by atoms with Crippen LogP contribution in [0.15, 0.2) is 53.7 Å². The number of aliphatic hydroxyl groups is 1. The van der Waals surface area contributed by atoms with Gasteiger partial charge >= 0.3 is 0 Å². The van der Waals surface area contributed by atoms with Crippen LogP contribution in [0.5, 0.6) is 0 Å². The number of ether oxygens (including phenoxy) is 1. The minimum Gasteiger partial charge on any atom is -0.390 e. The van der Waals surface area contributed by atoms with Crippen LogP contribution in [0, 0.1) is 5.82 Å². The second-order valence-corrected chi connectivity index (χ2v) is 9.28. The predicted molar refractivity (Wildman–Crippen MR) is 121 cm³/mol. The van der Waals surface area contributed by atoms with Crippen molar-refractivity contribution in [3.05, 3.63) is 70.5 Å². The van der Waals surface area contributed by atoms with Crippen LogP contribution in [-0.4, -0.2) is 53.2 Å². The number of rotatable bonds is 9. The number of oxime groups is 1. The molecule has 2 aromatic carbocycles. The Balaban J connectivity index is 1.63. The van der Waals surface area contributed by atoms with Crippen LogP contribution in [0.25, 0.3) is 0 Å². The fraction of sp³-hybridized carbons (Fsp3) is 0.458.